The van der Waals surface area contributed by atoms with E-state index in [-0.39, 0.29) is 17.3 Å². The first-order valence-corrected chi connectivity index (χ1v) is 4.90. The van der Waals surface area contributed by atoms with Crippen LogP contribution in [-0.2, 0) is 6.18 Å². The molecule has 100 valence electrons. The van der Waals surface area contributed by atoms with E-state index in [9.17, 15) is 23.3 Å². The van der Waals surface area contributed by atoms with Crippen LogP contribution in [0.5, 0.6) is 0 Å². The molecule has 2 aromatic rings. The zero-order valence-corrected chi connectivity index (χ0v) is 9.42. The Morgan fingerprint density at radius 3 is 2.47 bits per heavy atom. The summed E-state index contributed by atoms with van der Waals surface area (Å²) in [5.41, 5.74) is -0.266. The Morgan fingerprint density at radius 1 is 1.37 bits per heavy atom. The van der Waals surface area contributed by atoms with Crippen LogP contribution in [0.2, 0.25) is 0 Å². The van der Waals surface area contributed by atoms with Crippen molar-refractivity contribution in [3.8, 4) is 5.82 Å². The summed E-state index contributed by atoms with van der Waals surface area (Å²) in [6.45, 7) is 1.32. The number of alkyl halides is 3. The lowest BCUT2D eigenvalue weighted by Crippen LogP contribution is -2.09. The largest absolute Gasteiger partial charge is 0.453 e. The van der Waals surface area contributed by atoms with Crippen molar-refractivity contribution in [3.63, 3.8) is 0 Å². The van der Waals surface area contributed by atoms with Crippen molar-refractivity contribution < 1.29 is 18.1 Å². The molecule has 10 heteroatoms. The molecule has 2 aromatic heterocycles. The third kappa shape index (κ3) is 2.51. The number of aryl methyl sites for hydroxylation is 1. The third-order valence-electron chi connectivity index (χ3n) is 2.18. The first-order valence-electron chi connectivity index (χ1n) is 4.90. The Labute approximate surface area is 103 Å². The standard InChI is InChI=1S/C9H6F3N5O2/c1-5-14-8(9(10,11)12)15-16(5)7-3-2-6(4-13-7)17(18)19/h2-4H,1H3. The highest BCUT2D eigenvalue weighted by molar-refractivity contribution is 5.33. The number of nitrogens with zero attached hydrogens (tertiary/aromatic N) is 5. The van der Waals surface area contributed by atoms with Gasteiger partial charge in [-0.3, -0.25) is 10.1 Å². The minimum absolute atomic E-state index is 0.0195. The molecule has 0 bridgehead atoms. The van der Waals surface area contributed by atoms with Crippen molar-refractivity contribution in [1.82, 2.24) is 19.7 Å². The van der Waals surface area contributed by atoms with Crippen molar-refractivity contribution >= 4 is 5.69 Å². The fourth-order valence-corrected chi connectivity index (χ4v) is 1.34. The first-order chi connectivity index (χ1) is 8.79. The second-order valence-corrected chi connectivity index (χ2v) is 3.52. The van der Waals surface area contributed by atoms with Crippen LogP contribution >= 0.6 is 0 Å². The monoisotopic (exact) mass is 273 g/mol. The van der Waals surface area contributed by atoms with Gasteiger partial charge >= 0.3 is 6.18 Å². The van der Waals surface area contributed by atoms with Gasteiger partial charge in [0.05, 0.1) is 4.92 Å². The van der Waals surface area contributed by atoms with E-state index in [4.69, 9.17) is 0 Å². The maximum atomic E-state index is 12.4. The van der Waals surface area contributed by atoms with Gasteiger partial charge in [-0.05, 0) is 13.0 Å². The van der Waals surface area contributed by atoms with Crippen LogP contribution in [0.15, 0.2) is 18.3 Å². The smallest absolute Gasteiger partial charge is 0.258 e. The molecule has 0 saturated carbocycles. The zero-order chi connectivity index (χ0) is 14.2. The fraction of sp³-hybridized carbons (Fsp3) is 0.222. The molecule has 0 N–H and O–H groups in total. The zero-order valence-electron chi connectivity index (χ0n) is 9.42. The van der Waals surface area contributed by atoms with Crippen LogP contribution in [0, 0.1) is 17.0 Å². The van der Waals surface area contributed by atoms with Crippen molar-refractivity contribution in [2.45, 2.75) is 13.1 Å². The van der Waals surface area contributed by atoms with Gasteiger partial charge in [-0.2, -0.15) is 17.9 Å². The summed E-state index contributed by atoms with van der Waals surface area (Å²) >= 11 is 0. The average Bonchev–Trinajstić information content (AvgIpc) is 2.71. The average molecular weight is 273 g/mol. The van der Waals surface area contributed by atoms with Crippen LogP contribution in [0.4, 0.5) is 18.9 Å². The van der Waals surface area contributed by atoms with Gasteiger partial charge in [-0.1, -0.05) is 0 Å². The van der Waals surface area contributed by atoms with Crippen molar-refractivity contribution in [1.29, 1.82) is 0 Å². The van der Waals surface area contributed by atoms with Crippen LogP contribution in [0.3, 0.4) is 0 Å². The second-order valence-electron chi connectivity index (χ2n) is 3.52. The maximum Gasteiger partial charge on any atom is 0.453 e. The predicted molar refractivity (Wildman–Crippen MR) is 55.5 cm³/mol. The lowest BCUT2D eigenvalue weighted by Gasteiger charge is -2.01. The minimum Gasteiger partial charge on any atom is -0.258 e. The number of halogens is 3. The number of pyridine rings is 1. The van der Waals surface area contributed by atoms with Crippen LogP contribution < -0.4 is 0 Å². The molecule has 0 aromatic carbocycles. The molecule has 0 aliphatic heterocycles. The van der Waals surface area contributed by atoms with Crippen LogP contribution in [0.1, 0.15) is 11.6 Å². The van der Waals surface area contributed by atoms with Gasteiger partial charge < -0.3 is 0 Å². The molecule has 0 fully saturated rings. The molecule has 2 rings (SSSR count). The van der Waals surface area contributed by atoms with E-state index in [0.717, 1.165) is 16.9 Å². The number of nitro groups is 1. The fourth-order valence-electron chi connectivity index (χ4n) is 1.34. The first kappa shape index (κ1) is 12.9. The van der Waals surface area contributed by atoms with Gasteiger partial charge in [-0.25, -0.2) is 9.97 Å². The van der Waals surface area contributed by atoms with Gasteiger partial charge in [0.25, 0.3) is 11.5 Å². The Morgan fingerprint density at radius 2 is 2.05 bits per heavy atom. The number of aromatic nitrogens is 4. The summed E-state index contributed by atoms with van der Waals surface area (Å²) in [6, 6.07) is 2.32. The van der Waals surface area contributed by atoms with Crippen LogP contribution in [-0.4, -0.2) is 24.7 Å². The number of hydrogen-bond donors (Lipinski definition) is 0. The molecule has 0 unspecified atom stereocenters. The molecular weight excluding hydrogens is 267 g/mol. The Bertz CT molecular complexity index is 620. The highest BCUT2D eigenvalue weighted by Crippen LogP contribution is 2.26. The molecule has 0 radical (unpaired) electrons. The highest BCUT2D eigenvalue weighted by atomic mass is 19.4. The summed E-state index contributed by atoms with van der Waals surface area (Å²) in [5, 5.41) is 13.7. The van der Waals surface area contributed by atoms with Gasteiger partial charge in [0.1, 0.15) is 12.0 Å². The van der Waals surface area contributed by atoms with Crippen molar-refractivity contribution in [2.75, 3.05) is 0 Å². The molecule has 0 spiro atoms. The van der Waals surface area contributed by atoms with Crippen molar-refractivity contribution in [3.05, 3.63) is 40.1 Å². The minimum atomic E-state index is -4.66. The van der Waals surface area contributed by atoms with E-state index in [1.165, 1.54) is 13.0 Å². The summed E-state index contributed by atoms with van der Waals surface area (Å²) < 4.78 is 38.1. The lowest BCUT2D eigenvalue weighted by atomic mass is 10.4. The van der Waals surface area contributed by atoms with Gasteiger partial charge in [0.15, 0.2) is 5.82 Å². The van der Waals surface area contributed by atoms with E-state index in [1.807, 2.05) is 0 Å². The SMILES string of the molecule is Cc1nc(C(F)(F)F)nn1-c1ccc([N+](=O)[O-])cn1. The molecule has 0 amide bonds. The molecular formula is C9H6F3N5O2. The van der Waals surface area contributed by atoms with Gasteiger partial charge in [0.2, 0.25) is 0 Å². The Hall–Kier alpha value is -2.52. The van der Waals surface area contributed by atoms with Gasteiger partial charge in [-0.15, -0.1) is 5.10 Å². The molecule has 0 saturated heterocycles. The second kappa shape index (κ2) is 4.30. The summed E-state index contributed by atoms with van der Waals surface area (Å²) in [5.74, 6) is -1.29. The summed E-state index contributed by atoms with van der Waals surface area (Å²) in [6.07, 6.45) is -3.72. The van der Waals surface area contributed by atoms with E-state index in [1.54, 1.807) is 0 Å². The third-order valence-corrected chi connectivity index (χ3v) is 2.18. The Kier molecular flexibility index (Phi) is 2.92. The summed E-state index contributed by atoms with van der Waals surface area (Å²) in [7, 11) is 0. The number of hydrogen-bond acceptors (Lipinski definition) is 5. The molecule has 0 aliphatic rings. The summed E-state index contributed by atoms with van der Waals surface area (Å²) in [4.78, 5) is 16.7. The normalized spacial score (nSPS) is 11.6. The lowest BCUT2D eigenvalue weighted by molar-refractivity contribution is -0.385. The van der Waals surface area contributed by atoms with Crippen LogP contribution in [0.25, 0.3) is 5.82 Å². The highest BCUT2D eigenvalue weighted by Gasteiger charge is 2.36. The molecule has 7 nitrogen and oxygen atoms in total. The van der Waals surface area contributed by atoms with E-state index in [0.29, 0.717) is 0 Å². The maximum absolute atomic E-state index is 12.4. The predicted octanol–water partition coefficient (Wildman–Crippen LogP) is 1.90. The van der Waals surface area contributed by atoms with E-state index < -0.39 is 16.9 Å². The van der Waals surface area contributed by atoms with E-state index in [2.05, 4.69) is 15.1 Å². The molecule has 19 heavy (non-hydrogen) atoms. The Balaban J connectivity index is 2.42. The van der Waals surface area contributed by atoms with E-state index >= 15 is 0 Å². The van der Waals surface area contributed by atoms with Crippen molar-refractivity contribution in [2.24, 2.45) is 0 Å². The van der Waals surface area contributed by atoms with Gasteiger partial charge in [0, 0.05) is 6.07 Å². The molecule has 2 heterocycles. The topological polar surface area (TPSA) is 86.7 Å². The quantitative estimate of drug-likeness (QED) is 0.616. The number of rotatable bonds is 2. The molecule has 0 atom stereocenters. The molecule has 0 aliphatic carbocycles.